The summed E-state index contributed by atoms with van der Waals surface area (Å²) in [7, 11) is 0. The second-order valence-corrected chi connectivity index (χ2v) is 5.29. The van der Waals surface area contributed by atoms with Crippen LogP contribution < -0.4 is 0 Å². The van der Waals surface area contributed by atoms with Crippen LogP contribution in [0.25, 0.3) is 0 Å². The molecule has 0 saturated heterocycles. The van der Waals surface area contributed by atoms with Crippen molar-refractivity contribution >= 4 is 11.6 Å². The fourth-order valence-corrected chi connectivity index (χ4v) is 2.07. The van der Waals surface area contributed by atoms with E-state index >= 15 is 0 Å². The van der Waals surface area contributed by atoms with Crippen molar-refractivity contribution in [1.82, 2.24) is 0 Å². The molecule has 0 spiro atoms. The monoisotopic (exact) mass is 298 g/mol. The summed E-state index contributed by atoms with van der Waals surface area (Å²) in [6.07, 6.45) is -5.22. The van der Waals surface area contributed by atoms with Crippen LogP contribution in [-0.4, -0.2) is 16.9 Å². The van der Waals surface area contributed by atoms with E-state index in [-0.39, 0.29) is 24.3 Å². The third-order valence-electron chi connectivity index (χ3n) is 2.76. The molecule has 1 aromatic carbocycles. The van der Waals surface area contributed by atoms with E-state index in [1.807, 2.05) is 0 Å². The van der Waals surface area contributed by atoms with Crippen LogP contribution in [-0.2, 0) is 6.42 Å². The Morgan fingerprint density at radius 1 is 1.21 bits per heavy atom. The first-order chi connectivity index (χ1) is 8.59. The Morgan fingerprint density at radius 2 is 1.84 bits per heavy atom. The molecule has 1 nitrogen and oxygen atoms in total. The molecule has 0 heterocycles. The smallest absolute Gasteiger partial charge is 0.389 e. The Labute approximate surface area is 114 Å². The van der Waals surface area contributed by atoms with Gasteiger partial charge in [-0.05, 0) is 37.5 Å². The summed E-state index contributed by atoms with van der Waals surface area (Å²) in [6, 6.07) is 3.74. The first-order valence-electron chi connectivity index (χ1n) is 5.82. The van der Waals surface area contributed by atoms with Gasteiger partial charge in [-0.1, -0.05) is 17.7 Å². The van der Waals surface area contributed by atoms with E-state index in [0.29, 0.717) is 5.56 Å². The average Bonchev–Trinajstić information content (AvgIpc) is 2.20. The van der Waals surface area contributed by atoms with Gasteiger partial charge < -0.3 is 5.11 Å². The molecule has 0 bridgehead atoms. The molecule has 108 valence electrons. The molecule has 0 aliphatic rings. The van der Waals surface area contributed by atoms with Crippen molar-refractivity contribution in [2.75, 3.05) is 0 Å². The first kappa shape index (κ1) is 16.2. The van der Waals surface area contributed by atoms with Crippen LogP contribution in [0.1, 0.15) is 31.7 Å². The number of hydrogen-bond acceptors (Lipinski definition) is 1. The zero-order chi connectivity index (χ0) is 14.7. The van der Waals surface area contributed by atoms with Crippen molar-refractivity contribution in [1.29, 1.82) is 0 Å². The maximum atomic E-state index is 12.8. The molecule has 0 amide bonds. The van der Waals surface area contributed by atoms with Crippen molar-refractivity contribution in [3.63, 3.8) is 0 Å². The molecule has 0 aliphatic carbocycles. The van der Waals surface area contributed by atoms with Crippen LogP contribution in [0.15, 0.2) is 18.2 Å². The van der Waals surface area contributed by atoms with Crippen LogP contribution in [0.4, 0.5) is 17.6 Å². The highest BCUT2D eigenvalue weighted by Crippen LogP contribution is 2.28. The van der Waals surface area contributed by atoms with Gasteiger partial charge in [0.25, 0.3) is 0 Å². The summed E-state index contributed by atoms with van der Waals surface area (Å²) >= 11 is 5.81. The van der Waals surface area contributed by atoms with Crippen LogP contribution in [0.2, 0.25) is 5.02 Å². The number of rotatable bonds is 5. The summed E-state index contributed by atoms with van der Waals surface area (Å²) in [5.41, 5.74) is -0.785. The van der Waals surface area contributed by atoms with E-state index in [4.69, 9.17) is 11.6 Å². The van der Waals surface area contributed by atoms with E-state index in [1.54, 1.807) is 0 Å². The van der Waals surface area contributed by atoms with Gasteiger partial charge in [0, 0.05) is 17.9 Å². The maximum absolute atomic E-state index is 12.8. The summed E-state index contributed by atoms with van der Waals surface area (Å²) in [6.45, 7) is 1.45. The van der Waals surface area contributed by atoms with Crippen molar-refractivity contribution < 1.29 is 22.7 Å². The van der Waals surface area contributed by atoms with Gasteiger partial charge in [0.2, 0.25) is 0 Å². The lowest BCUT2D eigenvalue weighted by Crippen LogP contribution is -2.28. The molecule has 0 radical (unpaired) electrons. The largest absolute Gasteiger partial charge is 0.390 e. The van der Waals surface area contributed by atoms with Crippen molar-refractivity contribution in [2.24, 2.45) is 0 Å². The molecule has 0 saturated carbocycles. The molecule has 1 aromatic rings. The molecule has 1 N–H and O–H groups in total. The van der Waals surface area contributed by atoms with Gasteiger partial charge >= 0.3 is 6.18 Å². The topological polar surface area (TPSA) is 20.2 Å². The quantitative estimate of drug-likeness (QED) is 0.793. The fourth-order valence-electron chi connectivity index (χ4n) is 1.83. The predicted octanol–water partition coefficient (Wildman–Crippen LogP) is 4.51. The zero-order valence-electron chi connectivity index (χ0n) is 10.4. The first-order valence-corrected chi connectivity index (χ1v) is 6.20. The lowest BCUT2D eigenvalue weighted by atomic mass is 9.91. The van der Waals surface area contributed by atoms with Gasteiger partial charge in [0.15, 0.2) is 0 Å². The SMILES string of the molecule is CC(O)(CCCC(F)(F)F)Cc1ccc(F)cc1Cl. The van der Waals surface area contributed by atoms with Gasteiger partial charge in [0.1, 0.15) is 5.82 Å². The lowest BCUT2D eigenvalue weighted by molar-refractivity contribution is -0.137. The van der Waals surface area contributed by atoms with Crippen LogP contribution in [0.5, 0.6) is 0 Å². The van der Waals surface area contributed by atoms with Crippen molar-refractivity contribution in [3.05, 3.63) is 34.6 Å². The Morgan fingerprint density at radius 3 is 2.37 bits per heavy atom. The molecule has 19 heavy (non-hydrogen) atoms. The van der Waals surface area contributed by atoms with Crippen molar-refractivity contribution in [3.8, 4) is 0 Å². The maximum Gasteiger partial charge on any atom is 0.389 e. The van der Waals surface area contributed by atoms with Gasteiger partial charge in [-0.3, -0.25) is 0 Å². The highest BCUT2D eigenvalue weighted by molar-refractivity contribution is 6.31. The van der Waals surface area contributed by atoms with Gasteiger partial charge in [-0.25, -0.2) is 4.39 Å². The number of aliphatic hydroxyl groups is 1. The minimum Gasteiger partial charge on any atom is -0.390 e. The van der Waals surface area contributed by atoms with Gasteiger partial charge in [-0.2, -0.15) is 13.2 Å². The highest BCUT2D eigenvalue weighted by Gasteiger charge is 2.29. The molecule has 1 rings (SSSR count). The lowest BCUT2D eigenvalue weighted by Gasteiger charge is -2.24. The zero-order valence-corrected chi connectivity index (χ0v) is 11.2. The summed E-state index contributed by atoms with van der Waals surface area (Å²) < 4.78 is 48.9. The normalized spacial score (nSPS) is 15.3. The third kappa shape index (κ3) is 6.25. The molecule has 1 atom stereocenters. The van der Waals surface area contributed by atoms with E-state index in [9.17, 15) is 22.7 Å². The van der Waals surface area contributed by atoms with Crippen LogP contribution >= 0.6 is 11.6 Å². The summed E-state index contributed by atoms with van der Waals surface area (Å²) in [5, 5.41) is 10.2. The molecular formula is C13H15ClF4O. The summed E-state index contributed by atoms with van der Waals surface area (Å²) in [5.74, 6) is -0.495. The number of benzene rings is 1. The second kappa shape index (κ2) is 6.09. The number of halogens is 5. The molecule has 1 unspecified atom stereocenters. The fraction of sp³-hybridized carbons (Fsp3) is 0.538. The van der Waals surface area contributed by atoms with Crippen LogP contribution in [0.3, 0.4) is 0 Å². The Kier molecular flexibility index (Phi) is 5.21. The Hall–Kier alpha value is -0.810. The number of alkyl halides is 3. The number of hydrogen-bond donors (Lipinski definition) is 1. The molecule has 0 aromatic heterocycles. The van der Waals surface area contributed by atoms with E-state index in [0.717, 1.165) is 6.07 Å². The van der Waals surface area contributed by atoms with Crippen molar-refractivity contribution in [2.45, 2.75) is 44.4 Å². The molecular weight excluding hydrogens is 284 g/mol. The predicted molar refractivity (Wildman–Crippen MR) is 65.6 cm³/mol. The third-order valence-corrected chi connectivity index (χ3v) is 3.11. The Balaban J connectivity index is 2.58. The molecule has 6 heteroatoms. The minimum atomic E-state index is -4.22. The van der Waals surface area contributed by atoms with Gasteiger partial charge in [-0.15, -0.1) is 0 Å². The highest BCUT2D eigenvalue weighted by atomic mass is 35.5. The van der Waals surface area contributed by atoms with E-state index in [1.165, 1.54) is 19.1 Å². The minimum absolute atomic E-state index is 0.000214. The molecule has 0 aliphatic heterocycles. The molecule has 0 fully saturated rings. The standard InChI is InChI=1S/C13H15ClF4O/c1-12(19,5-2-6-13(16,17)18)8-9-3-4-10(15)7-11(9)14/h3-4,7,19H,2,5-6,8H2,1H3. The van der Waals surface area contributed by atoms with E-state index in [2.05, 4.69) is 0 Å². The summed E-state index contributed by atoms with van der Waals surface area (Å²) in [4.78, 5) is 0. The average molecular weight is 299 g/mol. The van der Waals surface area contributed by atoms with Crippen LogP contribution in [0, 0.1) is 5.82 Å². The second-order valence-electron chi connectivity index (χ2n) is 4.88. The van der Waals surface area contributed by atoms with E-state index < -0.39 is 24.0 Å². The Bertz CT molecular complexity index is 429. The van der Waals surface area contributed by atoms with Gasteiger partial charge in [0.05, 0.1) is 5.60 Å².